The molecule has 0 saturated carbocycles. The van der Waals surface area contributed by atoms with Crippen LogP contribution in [0.1, 0.15) is 12.8 Å². The van der Waals surface area contributed by atoms with E-state index in [0.717, 1.165) is 18.6 Å². The topological polar surface area (TPSA) is 57.6 Å². The fraction of sp³-hybridized carbons (Fsp3) is 0.385. The van der Waals surface area contributed by atoms with Gasteiger partial charge >= 0.3 is 5.97 Å². The van der Waals surface area contributed by atoms with Crippen molar-refractivity contribution in [3.05, 3.63) is 29.3 Å². The van der Waals surface area contributed by atoms with Crippen LogP contribution in [0.25, 0.3) is 0 Å². The molecule has 1 atom stereocenters. The highest BCUT2D eigenvalue weighted by molar-refractivity contribution is 8.00. The number of halogens is 1. The van der Waals surface area contributed by atoms with Crippen molar-refractivity contribution in [1.29, 1.82) is 0 Å². The molecule has 1 aromatic rings. The van der Waals surface area contributed by atoms with Crippen molar-refractivity contribution < 1.29 is 14.7 Å². The van der Waals surface area contributed by atoms with Crippen molar-refractivity contribution in [3.63, 3.8) is 0 Å². The van der Waals surface area contributed by atoms with E-state index in [1.54, 1.807) is 36.0 Å². The van der Waals surface area contributed by atoms with Gasteiger partial charge in [-0.25, -0.2) is 0 Å². The second-order valence-electron chi connectivity index (χ2n) is 4.30. The number of nitrogens with zero attached hydrogens (tertiary/aromatic N) is 1. The van der Waals surface area contributed by atoms with Crippen LogP contribution in [0.5, 0.6) is 0 Å². The Morgan fingerprint density at radius 2 is 2.26 bits per heavy atom. The van der Waals surface area contributed by atoms with Gasteiger partial charge in [-0.2, -0.15) is 0 Å². The van der Waals surface area contributed by atoms with Gasteiger partial charge in [-0.3, -0.25) is 9.59 Å². The predicted octanol–water partition coefficient (Wildman–Crippen LogP) is 2.65. The molecule has 1 amide bonds. The van der Waals surface area contributed by atoms with E-state index in [4.69, 9.17) is 16.7 Å². The number of anilines is 1. The van der Waals surface area contributed by atoms with Gasteiger partial charge in [0.25, 0.3) is 0 Å². The molecule has 1 saturated heterocycles. The van der Waals surface area contributed by atoms with E-state index in [2.05, 4.69) is 0 Å². The van der Waals surface area contributed by atoms with E-state index in [-0.39, 0.29) is 17.7 Å². The molecule has 1 N–H and O–H groups in total. The average molecular weight is 300 g/mol. The zero-order valence-electron chi connectivity index (χ0n) is 10.2. The first kappa shape index (κ1) is 14.2. The van der Waals surface area contributed by atoms with Crippen molar-refractivity contribution in [2.24, 2.45) is 0 Å². The molecule has 19 heavy (non-hydrogen) atoms. The number of benzene rings is 1. The van der Waals surface area contributed by atoms with Crippen LogP contribution in [-0.4, -0.2) is 34.5 Å². The lowest BCUT2D eigenvalue weighted by Gasteiger charge is -2.23. The van der Waals surface area contributed by atoms with Gasteiger partial charge in [0.2, 0.25) is 5.91 Å². The third-order valence-corrected chi connectivity index (χ3v) is 4.48. The van der Waals surface area contributed by atoms with Gasteiger partial charge in [0, 0.05) is 10.7 Å². The number of carboxylic acids is 1. The van der Waals surface area contributed by atoms with Crippen molar-refractivity contribution >= 4 is 40.9 Å². The highest BCUT2D eigenvalue weighted by Crippen LogP contribution is 2.30. The molecule has 1 fully saturated rings. The Balaban J connectivity index is 2.24. The maximum Gasteiger partial charge on any atom is 0.323 e. The van der Waals surface area contributed by atoms with Gasteiger partial charge in [-0.1, -0.05) is 17.7 Å². The summed E-state index contributed by atoms with van der Waals surface area (Å²) in [6, 6.07) is 6.72. The minimum absolute atomic E-state index is 0.140. The Morgan fingerprint density at radius 3 is 2.84 bits per heavy atom. The van der Waals surface area contributed by atoms with E-state index >= 15 is 0 Å². The molecule has 1 unspecified atom stereocenters. The van der Waals surface area contributed by atoms with Gasteiger partial charge in [-0.05, 0) is 36.8 Å². The first-order valence-electron chi connectivity index (χ1n) is 5.98. The molecule has 1 heterocycles. The lowest BCUT2D eigenvalue weighted by atomic mass is 10.2. The number of carbonyl (C=O) groups is 2. The van der Waals surface area contributed by atoms with Gasteiger partial charge in [0.05, 0.1) is 5.25 Å². The first-order valence-corrected chi connectivity index (χ1v) is 7.41. The Hall–Kier alpha value is -1.20. The molecule has 2 rings (SSSR count). The summed E-state index contributed by atoms with van der Waals surface area (Å²) in [6.45, 7) is -0.337. The maximum absolute atomic E-state index is 12.4. The fourth-order valence-electron chi connectivity index (χ4n) is 2.02. The van der Waals surface area contributed by atoms with Crippen LogP contribution in [0, 0.1) is 0 Å². The first-order chi connectivity index (χ1) is 9.08. The Bertz CT molecular complexity index is 489. The molecule has 0 aliphatic carbocycles. The highest BCUT2D eigenvalue weighted by Gasteiger charge is 2.29. The number of carboxylic acid groups (broad SMARTS) is 1. The summed E-state index contributed by atoms with van der Waals surface area (Å²) < 4.78 is 0. The fourth-order valence-corrected chi connectivity index (χ4v) is 3.43. The monoisotopic (exact) mass is 299 g/mol. The van der Waals surface area contributed by atoms with E-state index in [1.807, 2.05) is 0 Å². The number of hydrogen-bond acceptors (Lipinski definition) is 3. The summed E-state index contributed by atoms with van der Waals surface area (Å²) in [4.78, 5) is 24.6. The van der Waals surface area contributed by atoms with Gasteiger partial charge in [0.15, 0.2) is 0 Å². The van der Waals surface area contributed by atoms with Crippen LogP contribution in [0.4, 0.5) is 5.69 Å². The van der Waals surface area contributed by atoms with Crippen LogP contribution in [0.2, 0.25) is 5.02 Å². The van der Waals surface area contributed by atoms with E-state index in [1.165, 1.54) is 4.90 Å². The quantitative estimate of drug-likeness (QED) is 0.928. The SMILES string of the molecule is O=C(O)CN(C(=O)C1CCCS1)c1cccc(Cl)c1. The summed E-state index contributed by atoms with van der Waals surface area (Å²) in [5.74, 6) is -0.226. The summed E-state index contributed by atoms with van der Waals surface area (Å²) in [6.07, 6.45) is 1.80. The number of rotatable bonds is 4. The minimum atomic E-state index is -1.03. The summed E-state index contributed by atoms with van der Waals surface area (Å²) in [7, 11) is 0. The minimum Gasteiger partial charge on any atom is -0.480 e. The molecule has 6 heteroatoms. The number of carbonyl (C=O) groups excluding carboxylic acids is 1. The Kier molecular flexibility index (Phi) is 4.71. The lowest BCUT2D eigenvalue weighted by molar-refractivity contribution is -0.136. The maximum atomic E-state index is 12.4. The lowest BCUT2D eigenvalue weighted by Crippen LogP contribution is -2.40. The molecule has 1 aromatic carbocycles. The number of hydrogen-bond donors (Lipinski definition) is 1. The van der Waals surface area contributed by atoms with E-state index < -0.39 is 5.97 Å². The van der Waals surface area contributed by atoms with E-state index in [9.17, 15) is 9.59 Å². The molecule has 1 aliphatic rings. The molecule has 0 bridgehead atoms. The molecule has 0 aromatic heterocycles. The largest absolute Gasteiger partial charge is 0.480 e. The highest BCUT2D eigenvalue weighted by atomic mass is 35.5. The smallest absolute Gasteiger partial charge is 0.323 e. The van der Waals surface area contributed by atoms with Gasteiger partial charge in [0.1, 0.15) is 6.54 Å². The molecular weight excluding hydrogens is 286 g/mol. The zero-order chi connectivity index (χ0) is 13.8. The average Bonchev–Trinajstić information content (AvgIpc) is 2.88. The molecule has 4 nitrogen and oxygen atoms in total. The summed E-state index contributed by atoms with van der Waals surface area (Å²) in [5.41, 5.74) is 0.535. The molecule has 1 aliphatic heterocycles. The molecule has 0 radical (unpaired) electrons. The second-order valence-corrected chi connectivity index (χ2v) is 6.05. The summed E-state index contributed by atoms with van der Waals surface area (Å²) >= 11 is 7.49. The number of amides is 1. The predicted molar refractivity (Wildman–Crippen MR) is 76.9 cm³/mol. The van der Waals surface area contributed by atoms with E-state index in [0.29, 0.717) is 10.7 Å². The van der Waals surface area contributed by atoms with Gasteiger partial charge in [-0.15, -0.1) is 11.8 Å². The van der Waals surface area contributed by atoms with Gasteiger partial charge < -0.3 is 10.0 Å². The van der Waals surface area contributed by atoms with Crippen molar-refractivity contribution in [1.82, 2.24) is 0 Å². The van der Waals surface area contributed by atoms with Crippen LogP contribution in [-0.2, 0) is 9.59 Å². The van der Waals surface area contributed by atoms with Crippen LogP contribution < -0.4 is 4.90 Å². The van der Waals surface area contributed by atoms with Crippen LogP contribution in [0.15, 0.2) is 24.3 Å². The molecular formula is C13H14ClNO3S. The number of thioether (sulfide) groups is 1. The van der Waals surface area contributed by atoms with Crippen molar-refractivity contribution in [2.45, 2.75) is 18.1 Å². The Labute approximate surface area is 120 Å². The van der Waals surface area contributed by atoms with Crippen molar-refractivity contribution in [2.75, 3.05) is 17.2 Å². The third kappa shape index (κ3) is 3.64. The standard InChI is InChI=1S/C13H14ClNO3S/c14-9-3-1-4-10(7-9)15(8-12(16)17)13(18)11-5-2-6-19-11/h1,3-4,7,11H,2,5-6,8H2,(H,16,17). The summed E-state index contributed by atoms with van der Waals surface area (Å²) in [5, 5.41) is 9.32. The van der Waals surface area contributed by atoms with Crippen LogP contribution in [0.3, 0.4) is 0 Å². The number of aliphatic carboxylic acids is 1. The Morgan fingerprint density at radius 1 is 1.47 bits per heavy atom. The normalized spacial score (nSPS) is 18.3. The van der Waals surface area contributed by atoms with Crippen LogP contribution >= 0.6 is 23.4 Å². The zero-order valence-corrected chi connectivity index (χ0v) is 11.8. The third-order valence-electron chi connectivity index (χ3n) is 2.88. The molecule has 0 spiro atoms. The second kappa shape index (κ2) is 6.30. The molecule has 102 valence electrons. The van der Waals surface area contributed by atoms with Crippen molar-refractivity contribution in [3.8, 4) is 0 Å².